The van der Waals surface area contributed by atoms with Gasteiger partial charge in [0, 0.05) is 18.4 Å². The summed E-state index contributed by atoms with van der Waals surface area (Å²) in [6, 6.07) is 4.46. The lowest BCUT2D eigenvalue weighted by Crippen LogP contribution is -2.16. The summed E-state index contributed by atoms with van der Waals surface area (Å²) in [5.74, 6) is 0. The lowest BCUT2D eigenvalue weighted by atomic mass is 10.0. The quantitative estimate of drug-likeness (QED) is 0.691. The molecule has 18 heavy (non-hydrogen) atoms. The van der Waals surface area contributed by atoms with Crippen LogP contribution in [0, 0.1) is 20.8 Å². The Morgan fingerprint density at radius 3 is 2.17 bits per heavy atom. The van der Waals surface area contributed by atoms with Crippen molar-refractivity contribution in [2.45, 2.75) is 27.7 Å². The summed E-state index contributed by atoms with van der Waals surface area (Å²) >= 11 is 0. The minimum absolute atomic E-state index is 1.21. The van der Waals surface area contributed by atoms with Gasteiger partial charge in [0.25, 0.3) is 0 Å². The highest BCUT2D eigenvalue weighted by atomic mass is 15.1. The average molecular weight is 241 g/mol. The molecule has 0 aromatic heterocycles. The highest BCUT2D eigenvalue weighted by Gasteiger charge is 2.09. The van der Waals surface area contributed by atoms with Gasteiger partial charge in [0.15, 0.2) is 0 Å². The number of anilines is 1. The lowest BCUT2D eigenvalue weighted by Gasteiger charge is -2.24. The minimum atomic E-state index is 1.21. The second-order valence-corrected chi connectivity index (χ2v) is 4.73. The Kier molecular flexibility index (Phi) is 4.96. The molecule has 1 rings (SSSR count). The third-order valence-electron chi connectivity index (χ3n) is 3.08. The van der Waals surface area contributed by atoms with E-state index in [-0.39, 0.29) is 0 Å². The molecule has 1 nitrogen and oxygen atoms in total. The van der Waals surface area contributed by atoms with Crippen LogP contribution >= 0.6 is 0 Å². The maximum Gasteiger partial charge on any atom is 0.0465 e. The summed E-state index contributed by atoms with van der Waals surface area (Å²) in [4.78, 5) is 2.23. The molecule has 0 spiro atoms. The third-order valence-corrected chi connectivity index (χ3v) is 3.08. The standard InChI is InChI=1S/C17H23N/c1-7-8-9-10-16(5)18(6)17-14(3)11-13(2)12-15(17)4/h7-12H,1H2,2-6H3/b9-8-,16-10+. The fraction of sp³-hybridized carbons (Fsp3) is 0.294. The topological polar surface area (TPSA) is 3.24 Å². The zero-order valence-corrected chi connectivity index (χ0v) is 12.1. The SMILES string of the molecule is C=C/C=C\C=C(/C)N(C)c1c(C)cc(C)cc1C. The summed E-state index contributed by atoms with van der Waals surface area (Å²) in [7, 11) is 2.11. The normalized spacial score (nSPS) is 11.9. The molecule has 0 fully saturated rings. The number of benzene rings is 1. The molecule has 0 saturated carbocycles. The molecule has 0 aliphatic heterocycles. The van der Waals surface area contributed by atoms with Crippen molar-refractivity contribution in [3.05, 3.63) is 65.4 Å². The molecule has 0 N–H and O–H groups in total. The highest BCUT2D eigenvalue weighted by molar-refractivity contribution is 5.63. The van der Waals surface area contributed by atoms with Crippen molar-refractivity contribution in [3.8, 4) is 0 Å². The first-order valence-corrected chi connectivity index (χ1v) is 6.25. The number of allylic oxidation sites excluding steroid dienone is 5. The predicted molar refractivity (Wildman–Crippen MR) is 82.2 cm³/mol. The Labute approximate surface area is 111 Å². The number of nitrogens with zero attached hydrogens (tertiary/aromatic N) is 1. The van der Waals surface area contributed by atoms with Crippen LogP contribution in [0.25, 0.3) is 0 Å². The van der Waals surface area contributed by atoms with Crippen molar-refractivity contribution >= 4 is 5.69 Å². The van der Waals surface area contributed by atoms with Crippen LogP contribution in [0.2, 0.25) is 0 Å². The molecule has 0 radical (unpaired) electrons. The molecule has 0 saturated heterocycles. The Morgan fingerprint density at radius 1 is 1.11 bits per heavy atom. The van der Waals surface area contributed by atoms with Gasteiger partial charge >= 0.3 is 0 Å². The van der Waals surface area contributed by atoms with Gasteiger partial charge in [0.05, 0.1) is 0 Å². The van der Waals surface area contributed by atoms with Crippen LogP contribution in [0.1, 0.15) is 23.6 Å². The second-order valence-electron chi connectivity index (χ2n) is 4.73. The van der Waals surface area contributed by atoms with Gasteiger partial charge in [-0.1, -0.05) is 42.5 Å². The first-order chi connectivity index (χ1) is 8.47. The monoisotopic (exact) mass is 241 g/mol. The van der Waals surface area contributed by atoms with E-state index >= 15 is 0 Å². The molecule has 96 valence electrons. The molecule has 1 heteroatoms. The van der Waals surface area contributed by atoms with E-state index in [2.05, 4.69) is 64.4 Å². The zero-order valence-electron chi connectivity index (χ0n) is 12.1. The van der Waals surface area contributed by atoms with Crippen molar-refractivity contribution in [3.63, 3.8) is 0 Å². The van der Waals surface area contributed by atoms with Gasteiger partial charge < -0.3 is 4.90 Å². The molecule has 0 aliphatic rings. The highest BCUT2D eigenvalue weighted by Crippen LogP contribution is 2.27. The Morgan fingerprint density at radius 2 is 1.67 bits per heavy atom. The molecule has 0 aliphatic carbocycles. The first kappa shape index (κ1) is 14.3. The minimum Gasteiger partial charge on any atom is -0.348 e. The Hall–Kier alpha value is -1.76. The zero-order chi connectivity index (χ0) is 13.7. The van der Waals surface area contributed by atoms with Crippen molar-refractivity contribution in [2.75, 3.05) is 11.9 Å². The van der Waals surface area contributed by atoms with Crippen LogP contribution in [0.5, 0.6) is 0 Å². The summed E-state index contributed by atoms with van der Waals surface area (Å²) in [6.45, 7) is 12.3. The lowest BCUT2D eigenvalue weighted by molar-refractivity contribution is 1.06. The molecule has 0 bridgehead atoms. The smallest absolute Gasteiger partial charge is 0.0465 e. The van der Waals surface area contributed by atoms with Crippen LogP contribution in [0.3, 0.4) is 0 Å². The maximum atomic E-state index is 3.67. The Balaban J connectivity index is 3.11. The first-order valence-electron chi connectivity index (χ1n) is 6.25. The fourth-order valence-corrected chi connectivity index (χ4v) is 2.26. The van der Waals surface area contributed by atoms with Crippen molar-refractivity contribution < 1.29 is 0 Å². The number of hydrogen-bond acceptors (Lipinski definition) is 1. The molecule has 1 aromatic rings. The molecular weight excluding hydrogens is 218 g/mol. The molecule has 0 amide bonds. The molecule has 1 aromatic carbocycles. The molecule has 0 atom stereocenters. The van der Waals surface area contributed by atoms with E-state index in [1.807, 2.05) is 12.2 Å². The van der Waals surface area contributed by atoms with Crippen molar-refractivity contribution in [1.29, 1.82) is 0 Å². The summed E-state index contributed by atoms with van der Waals surface area (Å²) in [5, 5.41) is 0. The van der Waals surface area contributed by atoms with Crippen molar-refractivity contribution in [2.24, 2.45) is 0 Å². The Bertz CT molecular complexity index is 469. The van der Waals surface area contributed by atoms with E-state index in [1.165, 1.54) is 28.1 Å². The fourth-order valence-electron chi connectivity index (χ4n) is 2.26. The van der Waals surface area contributed by atoms with Gasteiger partial charge in [-0.15, -0.1) is 0 Å². The number of aryl methyl sites for hydroxylation is 3. The largest absolute Gasteiger partial charge is 0.348 e. The van der Waals surface area contributed by atoms with E-state index in [0.29, 0.717) is 0 Å². The van der Waals surface area contributed by atoms with Gasteiger partial charge in [-0.25, -0.2) is 0 Å². The maximum absolute atomic E-state index is 3.67. The van der Waals surface area contributed by atoms with Gasteiger partial charge in [-0.2, -0.15) is 0 Å². The summed E-state index contributed by atoms with van der Waals surface area (Å²) in [5.41, 5.74) is 6.45. The van der Waals surface area contributed by atoms with E-state index < -0.39 is 0 Å². The van der Waals surface area contributed by atoms with Gasteiger partial charge in [0.2, 0.25) is 0 Å². The van der Waals surface area contributed by atoms with Crippen LogP contribution in [0.4, 0.5) is 5.69 Å². The van der Waals surface area contributed by atoms with Crippen LogP contribution in [-0.2, 0) is 0 Å². The van der Waals surface area contributed by atoms with E-state index in [4.69, 9.17) is 0 Å². The van der Waals surface area contributed by atoms with Gasteiger partial charge in [-0.3, -0.25) is 0 Å². The third kappa shape index (κ3) is 3.36. The average Bonchev–Trinajstić information content (AvgIpc) is 2.27. The molecular formula is C17H23N. The predicted octanol–water partition coefficient (Wildman–Crippen LogP) is 4.69. The number of hydrogen-bond donors (Lipinski definition) is 0. The summed E-state index contributed by atoms with van der Waals surface area (Å²) in [6.07, 6.45) is 7.83. The molecule has 0 unspecified atom stereocenters. The number of rotatable bonds is 4. The van der Waals surface area contributed by atoms with E-state index in [0.717, 1.165) is 0 Å². The van der Waals surface area contributed by atoms with Crippen molar-refractivity contribution in [1.82, 2.24) is 0 Å². The van der Waals surface area contributed by atoms with Gasteiger partial charge in [0.1, 0.15) is 0 Å². The van der Waals surface area contributed by atoms with Gasteiger partial charge in [-0.05, 0) is 44.9 Å². The summed E-state index contributed by atoms with van der Waals surface area (Å²) < 4.78 is 0. The van der Waals surface area contributed by atoms with Crippen LogP contribution < -0.4 is 4.90 Å². The van der Waals surface area contributed by atoms with E-state index in [1.54, 1.807) is 6.08 Å². The van der Waals surface area contributed by atoms with Crippen LogP contribution in [0.15, 0.2) is 48.7 Å². The van der Waals surface area contributed by atoms with Crippen LogP contribution in [-0.4, -0.2) is 7.05 Å². The van der Waals surface area contributed by atoms with E-state index in [9.17, 15) is 0 Å². The second kappa shape index (κ2) is 6.25. The molecule has 0 heterocycles.